The monoisotopic (exact) mass is 380 g/mol. The summed E-state index contributed by atoms with van der Waals surface area (Å²) in [6.07, 6.45) is 1.25. The van der Waals surface area contributed by atoms with Gasteiger partial charge in [-0.2, -0.15) is 0 Å². The van der Waals surface area contributed by atoms with Crippen LogP contribution in [0.5, 0.6) is 0 Å². The van der Waals surface area contributed by atoms with Gasteiger partial charge in [0.15, 0.2) is 8.68 Å². The summed E-state index contributed by atoms with van der Waals surface area (Å²) >= 11 is 9.94. The molecule has 1 aromatic carbocycles. The molecule has 1 heterocycles. The molecule has 0 amide bonds. The van der Waals surface area contributed by atoms with Crippen molar-refractivity contribution in [2.24, 2.45) is 0 Å². The Bertz CT molecular complexity index is 688. The number of benzene rings is 1. The molecule has 0 spiro atoms. The van der Waals surface area contributed by atoms with Crippen molar-refractivity contribution >= 4 is 48.9 Å². The average Bonchev–Trinajstić information content (AvgIpc) is 2.76. The van der Waals surface area contributed by atoms with E-state index in [2.05, 4.69) is 25.6 Å². The van der Waals surface area contributed by atoms with Crippen LogP contribution in [-0.2, 0) is 10.0 Å². The van der Waals surface area contributed by atoms with E-state index < -0.39 is 10.0 Å². The van der Waals surface area contributed by atoms with Crippen LogP contribution in [0, 0.1) is 0 Å². The molecule has 0 aliphatic carbocycles. The number of sulfonamides is 1. The van der Waals surface area contributed by atoms with E-state index in [-0.39, 0.29) is 14.7 Å². The number of aromatic nitrogens is 1. The fourth-order valence-corrected chi connectivity index (χ4v) is 4.46. The van der Waals surface area contributed by atoms with E-state index >= 15 is 0 Å². The lowest BCUT2D eigenvalue weighted by Gasteiger charge is -2.13. The highest BCUT2D eigenvalue weighted by Gasteiger charge is 2.21. The van der Waals surface area contributed by atoms with E-state index in [9.17, 15) is 8.42 Å². The highest BCUT2D eigenvalue weighted by Crippen LogP contribution is 2.25. The molecular formula is C11H10BrClN2O2S2. The smallest absolute Gasteiger partial charge is 0.232 e. The molecule has 0 fully saturated rings. The van der Waals surface area contributed by atoms with Gasteiger partial charge in [0, 0.05) is 10.5 Å². The number of halogens is 2. The first-order valence-corrected chi connectivity index (χ1v) is 8.74. The molecule has 1 unspecified atom stereocenters. The van der Waals surface area contributed by atoms with Crippen LogP contribution in [0.4, 0.5) is 0 Å². The Hall–Kier alpha value is -0.470. The van der Waals surface area contributed by atoms with Crippen LogP contribution in [0.2, 0.25) is 4.47 Å². The van der Waals surface area contributed by atoms with Crippen LogP contribution >= 0.6 is 38.9 Å². The Morgan fingerprint density at radius 1 is 1.47 bits per heavy atom. The zero-order valence-corrected chi connectivity index (χ0v) is 13.8. The van der Waals surface area contributed by atoms with E-state index in [1.54, 1.807) is 6.92 Å². The summed E-state index contributed by atoms with van der Waals surface area (Å²) in [5, 5.41) is 0. The number of hydrogen-bond donors (Lipinski definition) is 1. The van der Waals surface area contributed by atoms with Crippen LogP contribution in [0.1, 0.15) is 18.5 Å². The van der Waals surface area contributed by atoms with Crippen molar-refractivity contribution in [2.75, 3.05) is 0 Å². The number of thiazole rings is 1. The lowest BCUT2D eigenvalue weighted by atomic mass is 10.1. The van der Waals surface area contributed by atoms with Crippen molar-refractivity contribution in [1.29, 1.82) is 0 Å². The van der Waals surface area contributed by atoms with Gasteiger partial charge in [-0.05, 0) is 24.6 Å². The van der Waals surface area contributed by atoms with Crippen molar-refractivity contribution in [3.63, 3.8) is 0 Å². The molecule has 0 aliphatic heterocycles. The second-order valence-electron chi connectivity index (χ2n) is 3.83. The minimum atomic E-state index is -3.59. The number of nitrogens with one attached hydrogen (secondary N) is 1. The zero-order valence-electron chi connectivity index (χ0n) is 9.80. The van der Waals surface area contributed by atoms with Crippen molar-refractivity contribution in [1.82, 2.24) is 9.71 Å². The van der Waals surface area contributed by atoms with E-state index in [1.807, 2.05) is 24.3 Å². The van der Waals surface area contributed by atoms with Crippen LogP contribution < -0.4 is 4.72 Å². The van der Waals surface area contributed by atoms with Gasteiger partial charge >= 0.3 is 0 Å². The van der Waals surface area contributed by atoms with Gasteiger partial charge in [-0.3, -0.25) is 0 Å². The quantitative estimate of drug-likeness (QED) is 0.880. The highest BCUT2D eigenvalue weighted by molar-refractivity contribution is 9.10. The summed E-state index contributed by atoms with van der Waals surface area (Å²) < 4.78 is 28.0. The number of nitrogens with zero attached hydrogens (tertiary/aromatic N) is 1. The van der Waals surface area contributed by atoms with Crippen LogP contribution in [0.25, 0.3) is 0 Å². The molecule has 0 radical (unpaired) electrons. The average molecular weight is 382 g/mol. The topological polar surface area (TPSA) is 59.1 Å². The first kappa shape index (κ1) is 14.9. The van der Waals surface area contributed by atoms with Gasteiger partial charge in [0.25, 0.3) is 10.0 Å². The molecule has 8 heteroatoms. The Morgan fingerprint density at radius 3 is 2.79 bits per heavy atom. The molecule has 0 bridgehead atoms. The first-order valence-electron chi connectivity index (χ1n) is 5.27. The van der Waals surface area contributed by atoms with Crippen molar-refractivity contribution in [3.05, 3.63) is 45.0 Å². The molecule has 2 aromatic rings. The van der Waals surface area contributed by atoms with E-state index in [4.69, 9.17) is 11.6 Å². The minimum Gasteiger partial charge on any atom is -0.232 e. The zero-order chi connectivity index (χ0) is 14.0. The second kappa shape index (κ2) is 5.88. The predicted molar refractivity (Wildman–Crippen MR) is 80.0 cm³/mol. The van der Waals surface area contributed by atoms with Crippen LogP contribution in [0.3, 0.4) is 0 Å². The molecule has 1 atom stereocenters. The normalized spacial score (nSPS) is 13.4. The van der Waals surface area contributed by atoms with Gasteiger partial charge < -0.3 is 0 Å². The maximum absolute atomic E-state index is 12.1. The standard InChI is InChI=1S/C11H10BrClN2O2S2/c1-7(8-3-2-4-9(12)5-8)15-19(16,17)10-6-14-11(13)18-10/h2-7,15H,1H3. The third-order valence-electron chi connectivity index (χ3n) is 2.40. The van der Waals surface area contributed by atoms with Gasteiger partial charge in [0.1, 0.15) is 0 Å². The Balaban J connectivity index is 2.21. The first-order chi connectivity index (χ1) is 8.88. The maximum atomic E-state index is 12.1. The summed E-state index contributed by atoms with van der Waals surface area (Å²) in [6.45, 7) is 1.78. The van der Waals surface area contributed by atoms with Crippen molar-refractivity contribution in [3.8, 4) is 0 Å². The van der Waals surface area contributed by atoms with Crippen LogP contribution in [-0.4, -0.2) is 13.4 Å². The van der Waals surface area contributed by atoms with E-state index in [0.717, 1.165) is 21.4 Å². The number of rotatable bonds is 4. The Kier molecular flexibility index (Phi) is 4.62. The molecule has 19 heavy (non-hydrogen) atoms. The fourth-order valence-electron chi connectivity index (χ4n) is 1.50. The minimum absolute atomic E-state index is 0.111. The van der Waals surface area contributed by atoms with Gasteiger partial charge in [0.2, 0.25) is 0 Å². The molecular weight excluding hydrogens is 372 g/mol. The number of hydrogen-bond acceptors (Lipinski definition) is 4. The molecule has 4 nitrogen and oxygen atoms in total. The molecule has 1 N–H and O–H groups in total. The highest BCUT2D eigenvalue weighted by atomic mass is 79.9. The molecule has 1 aromatic heterocycles. The van der Waals surface area contributed by atoms with Gasteiger partial charge in [-0.1, -0.05) is 51.0 Å². The van der Waals surface area contributed by atoms with Gasteiger partial charge in [0.05, 0.1) is 6.20 Å². The Morgan fingerprint density at radius 2 is 2.21 bits per heavy atom. The third-order valence-corrected chi connectivity index (χ3v) is 6.01. The fraction of sp³-hybridized carbons (Fsp3) is 0.182. The summed E-state index contributed by atoms with van der Waals surface area (Å²) in [7, 11) is -3.59. The maximum Gasteiger partial charge on any atom is 0.252 e. The SMILES string of the molecule is CC(NS(=O)(=O)c1cnc(Cl)s1)c1cccc(Br)c1. The summed E-state index contributed by atoms with van der Waals surface area (Å²) in [5.41, 5.74) is 0.869. The molecule has 0 aliphatic rings. The third kappa shape index (κ3) is 3.76. The van der Waals surface area contributed by atoms with E-state index in [1.165, 1.54) is 6.20 Å². The second-order valence-corrected chi connectivity index (χ2v) is 8.30. The molecule has 2 rings (SSSR count). The summed E-state index contributed by atoms with van der Waals surface area (Å²) in [6, 6.07) is 7.12. The van der Waals surface area contributed by atoms with Crippen molar-refractivity contribution < 1.29 is 8.42 Å². The van der Waals surface area contributed by atoms with E-state index in [0.29, 0.717) is 0 Å². The van der Waals surface area contributed by atoms with Gasteiger partial charge in [-0.25, -0.2) is 18.1 Å². The molecule has 0 saturated carbocycles. The van der Waals surface area contributed by atoms with Crippen LogP contribution in [0.15, 0.2) is 39.1 Å². The summed E-state index contributed by atoms with van der Waals surface area (Å²) in [5.74, 6) is 0. The lowest BCUT2D eigenvalue weighted by Crippen LogP contribution is -2.26. The largest absolute Gasteiger partial charge is 0.252 e. The lowest BCUT2D eigenvalue weighted by molar-refractivity contribution is 0.569. The summed E-state index contributed by atoms with van der Waals surface area (Å²) in [4.78, 5) is 3.73. The molecule has 102 valence electrons. The predicted octanol–water partition coefficient (Wildman–Crippen LogP) is 3.60. The van der Waals surface area contributed by atoms with Gasteiger partial charge in [-0.15, -0.1) is 0 Å². The van der Waals surface area contributed by atoms with Crippen molar-refractivity contribution in [2.45, 2.75) is 17.2 Å². The Labute approximate surface area is 129 Å². The molecule has 0 saturated heterocycles.